The number of methoxy groups -OCH3 is 1. The molecule has 5 heteroatoms. The quantitative estimate of drug-likeness (QED) is 0.475. The molecule has 0 spiro atoms. The monoisotopic (exact) mass is 366 g/mol. The molecular formula is C22H22O5. The lowest BCUT2D eigenvalue weighted by Gasteiger charge is -2.14. The van der Waals surface area contributed by atoms with Gasteiger partial charge in [0.15, 0.2) is 11.9 Å². The zero-order chi connectivity index (χ0) is 19.6. The van der Waals surface area contributed by atoms with Gasteiger partial charge in [0.1, 0.15) is 17.1 Å². The molecule has 140 valence electrons. The zero-order valence-electron chi connectivity index (χ0n) is 15.9. The molecule has 27 heavy (non-hydrogen) atoms. The molecule has 0 radical (unpaired) electrons. The molecule has 2 aromatic carbocycles. The Bertz CT molecular complexity index is 999. The van der Waals surface area contributed by atoms with Gasteiger partial charge in [0, 0.05) is 17.4 Å². The summed E-state index contributed by atoms with van der Waals surface area (Å²) in [5.74, 6) is 0.655. The molecular weight excluding hydrogens is 344 g/mol. The third-order valence-electron chi connectivity index (χ3n) is 4.51. The highest BCUT2D eigenvalue weighted by Crippen LogP contribution is 2.30. The third kappa shape index (κ3) is 3.58. The summed E-state index contributed by atoms with van der Waals surface area (Å²) >= 11 is 0. The van der Waals surface area contributed by atoms with Crippen molar-refractivity contribution in [2.75, 3.05) is 7.11 Å². The van der Waals surface area contributed by atoms with Gasteiger partial charge in [-0.25, -0.2) is 4.79 Å². The van der Waals surface area contributed by atoms with E-state index >= 15 is 0 Å². The minimum Gasteiger partial charge on any atom is -0.479 e. The summed E-state index contributed by atoms with van der Waals surface area (Å²) in [6.07, 6.45) is -0.0902. The second kappa shape index (κ2) is 7.66. The van der Waals surface area contributed by atoms with E-state index in [1.54, 1.807) is 25.1 Å². The lowest BCUT2D eigenvalue weighted by atomic mass is 9.96. The molecule has 0 bridgehead atoms. The van der Waals surface area contributed by atoms with Crippen LogP contribution in [0.15, 0.2) is 46.9 Å². The molecule has 0 saturated heterocycles. The van der Waals surface area contributed by atoms with Crippen molar-refractivity contribution in [2.24, 2.45) is 0 Å². The van der Waals surface area contributed by atoms with Crippen LogP contribution in [0.2, 0.25) is 0 Å². The molecule has 0 amide bonds. The largest absolute Gasteiger partial charge is 0.479 e. The normalized spacial score (nSPS) is 12.0. The van der Waals surface area contributed by atoms with E-state index in [-0.39, 0.29) is 5.78 Å². The van der Waals surface area contributed by atoms with E-state index in [1.165, 1.54) is 7.11 Å². The van der Waals surface area contributed by atoms with E-state index in [0.29, 0.717) is 34.6 Å². The van der Waals surface area contributed by atoms with Gasteiger partial charge in [-0.2, -0.15) is 0 Å². The molecule has 0 aliphatic rings. The van der Waals surface area contributed by atoms with Crippen molar-refractivity contribution in [3.05, 3.63) is 64.9 Å². The number of hydrogen-bond donors (Lipinski definition) is 0. The fourth-order valence-electron chi connectivity index (χ4n) is 3.11. The SMILES string of the molecule is CCc1oc2ccccc2c1C(=O)c1ccc(OC(C)C(=O)OC)cc1C. The molecule has 3 rings (SSSR count). The molecule has 0 aliphatic heterocycles. The molecule has 1 unspecified atom stereocenters. The highest BCUT2D eigenvalue weighted by Gasteiger charge is 2.23. The third-order valence-corrected chi connectivity index (χ3v) is 4.51. The van der Waals surface area contributed by atoms with Crippen molar-refractivity contribution in [1.82, 2.24) is 0 Å². The Labute approximate surface area is 157 Å². The highest BCUT2D eigenvalue weighted by molar-refractivity contribution is 6.17. The summed E-state index contributed by atoms with van der Waals surface area (Å²) in [6, 6.07) is 12.7. The second-order valence-corrected chi connectivity index (χ2v) is 6.34. The highest BCUT2D eigenvalue weighted by atomic mass is 16.6. The summed E-state index contributed by atoms with van der Waals surface area (Å²) < 4.78 is 16.1. The average molecular weight is 366 g/mol. The van der Waals surface area contributed by atoms with Crippen LogP contribution >= 0.6 is 0 Å². The van der Waals surface area contributed by atoms with Crippen LogP contribution in [-0.4, -0.2) is 25.0 Å². The minimum absolute atomic E-state index is 0.0816. The zero-order valence-corrected chi connectivity index (χ0v) is 15.9. The predicted octanol–water partition coefficient (Wildman–Crippen LogP) is 4.47. The summed E-state index contributed by atoms with van der Waals surface area (Å²) in [7, 11) is 1.32. The molecule has 0 aliphatic carbocycles. The first-order valence-corrected chi connectivity index (χ1v) is 8.86. The summed E-state index contributed by atoms with van der Waals surface area (Å²) in [4.78, 5) is 24.7. The van der Waals surface area contributed by atoms with Crippen LogP contribution in [0.1, 0.15) is 41.1 Å². The molecule has 1 aromatic heterocycles. The summed E-state index contributed by atoms with van der Waals surface area (Å²) in [6.45, 7) is 5.43. The Morgan fingerprint density at radius 1 is 1.15 bits per heavy atom. The maximum Gasteiger partial charge on any atom is 0.346 e. The van der Waals surface area contributed by atoms with E-state index in [9.17, 15) is 9.59 Å². The smallest absolute Gasteiger partial charge is 0.346 e. The number of rotatable bonds is 6. The van der Waals surface area contributed by atoms with Crippen molar-refractivity contribution in [1.29, 1.82) is 0 Å². The fourth-order valence-corrected chi connectivity index (χ4v) is 3.11. The second-order valence-electron chi connectivity index (χ2n) is 6.34. The first kappa shape index (κ1) is 18.7. The molecule has 0 saturated carbocycles. The van der Waals surface area contributed by atoms with Crippen molar-refractivity contribution >= 4 is 22.7 Å². The van der Waals surface area contributed by atoms with Crippen LogP contribution in [0, 0.1) is 6.92 Å². The van der Waals surface area contributed by atoms with Crippen LogP contribution in [0.5, 0.6) is 5.75 Å². The van der Waals surface area contributed by atoms with E-state index in [1.807, 2.05) is 38.1 Å². The number of benzene rings is 2. The van der Waals surface area contributed by atoms with Crippen molar-refractivity contribution in [2.45, 2.75) is 33.3 Å². The van der Waals surface area contributed by atoms with E-state index in [4.69, 9.17) is 9.15 Å². The van der Waals surface area contributed by atoms with Gasteiger partial charge in [-0.3, -0.25) is 4.79 Å². The first-order chi connectivity index (χ1) is 13.0. The van der Waals surface area contributed by atoms with Crippen molar-refractivity contribution in [3.63, 3.8) is 0 Å². The Kier molecular flexibility index (Phi) is 5.31. The number of fused-ring (bicyclic) bond motifs is 1. The maximum absolute atomic E-state index is 13.2. The number of para-hydroxylation sites is 1. The van der Waals surface area contributed by atoms with Gasteiger partial charge in [0.25, 0.3) is 0 Å². The lowest BCUT2D eigenvalue weighted by molar-refractivity contribution is -0.147. The van der Waals surface area contributed by atoms with Gasteiger partial charge >= 0.3 is 5.97 Å². The maximum atomic E-state index is 13.2. The van der Waals surface area contributed by atoms with Gasteiger partial charge in [-0.15, -0.1) is 0 Å². The number of ketones is 1. The topological polar surface area (TPSA) is 65.7 Å². The number of esters is 1. The molecule has 5 nitrogen and oxygen atoms in total. The standard InChI is InChI=1S/C22H22O5/c1-5-18-20(17-8-6-7-9-19(17)27-18)21(23)16-11-10-15(12-13(16)2)26-14(3)22(24)25-4/h6-12,14H,5H2,1-4H3. The van der Waals surface area contributed by atoms with Crippen molar-refractivity contribution in [3.8, 4) is 5.75 Å². The van der Waals surface area contributed by atoms with Crippen LogP contribution in [0.25, 0.3) is 11.0 Å². The molecule has 0 fully saturated rings. The molecule has 3 aromatic rings. The Morgan fingerprint density at radius 3 is 2.56 bits per heavy atom. The van der Waals surface area contributed by atoms with Crippen molar-refractivity contribution < 1.29 is 23.5 Å². The van der Waals surface area contributed by atoms with Crippen LogP contribution < -0.4 is 4.74 Å². The summed E-state index contributed by atoms with van der Waals surface area (Å²) in [5, 5.41) is 0.818. The molecule has 1 atom stereocenters. The van der Waals surface area contributed by atoms with Gasteiger partial charge in [-0.1, -0.05) is 25.1 Å². The molecule has 1 heterocycles. The Hall–Kier alpha value is -3.08. The summed E-state index contributed by atoms with van der Waals surface area (Å²) in [5.41, 5.74) is 2.66. The number of carbonyl (C=O) groups is 2. The van der Waals surface area contributed by atoms with Gasteiger partial charge in [0.2, 0.25) is 0 Å². The van der Waals surface area contributed by atoms with Gasteiger partial charge < -0.3 is 13.9 Å². The minimum atomic E-state index is -0.722. The number of furan rings is 1. The van der Waals surface area contributed by atoms with Gasteiger partial charge in [0.05, 0.1) is 12.7 Å². The first-order valence-electron chi connectivity index (χ1n) is 8.86. The van der Waals surface area contributed by atoms with E-state index in [0.717, 1.165) is 10.9 Å². The number of ether oxygens (including phenoxy) is 2. The average Bonchev–Trinajstić information content (AvgIpc) is 3.05. The molecule has 0 N–H and O–H groups in total. The van der Waals surface area contributed by atoms with Crippen LogP contribution in [0.3, 0.4) is 0 Å². The van der Waals surface area contributed by atoms with E-state index in [2.05, 4.69) is 4.74 Å². The van der Waals surface area contributed by atoms with E-state index < -0.39 is 12.1 Å². The predicted molar refractivity (Wildman–Crippen MR) is 102 cm³/mol. The lowest BCUT2D eigenvalue weighted by Crippen LogP contribution is -2.25. The fraction of sp³-hybridized carbons (Fsp3) is 0.273. The van der Waals surface area contributed by atoms with Gasteiger partial charge in [-0.05, 0) is 43.7 Å². The number of aryl methyl sites for hydroxylation is 2. The Morgan fingerprint density at radius 2 is 1.89 bits per heavy atom. The number of carbonyl (C=O) groups excluding carboxylic acids is 2. The number of hydrogen-bond acceptors (Lipinski definition) is 5. The Balaban J connectivity index is 1.95. The van der Waals surface area contributed by atoms with Crippen LogP contribution in [-0.2, 0) is 16.0 Å². The van der Waals surface area contributed by atoms with Crippen LogP contribution in [0.4, 0.5) is 0 Å².